The van der Waals surface area contributed by atoms with Gasteiger partial charge < -0.3 is 0 Å². The first kappa shape index (κ1) is 12.1. The highest BCUT2D eigenvalue weighted by Gasteiger charge is 2.31. The van der Waals surface area contributed by atoms with E-state index in [0.29, 0.717) is 5.56 Å². The Bertz CT molecular complexity index is 337. The molecule has 0 bridgehead atoms. The molecule has 0 saturated heterocycles. The molecule has 0 unspecified atom stereocenters. The minimum absolute atomic E-state index is 0.573. The minimum Gasteiger partial charge on any atom is -0.166 e. The molecule has 0 spiro atoms. The van der Waals surface area contributed by atoms with Crippen molar-refractivity contribution in [3.63, 3.8) is 0 Å². The van der Waals surface area contributed by atoms with Crippen molar-refractivity contribution in [2.24, 2.45) is 0 Å². The van der Waals surface area contributed by atoms with Crippen molar-refractivity contribution >= 4 is 0 Å². The van der Waals surface area contributed by atoms with Crippen LogP contribution >= 0.6 is 0 Å². The maximum Gasteiger partial charge on any atom is 0.416 e. The molecule has 0 aliphatic heterocycles. The van der Waals surface area contributed by atoms with E-state index in [2.05, 4.69) is 0 Å². The standard InChI is InChI=1S/C12H14F3/c1-4-9-5-6-10(12(13,14)15)7-11(9)8(2)3/h5-7H,4H2,1-3H3. The Morgan fingerprint density at radius 1 is 1.20 bits per heavy atom. The lowest BCUT2D eigenvalue weighted by molar-refractivity contribution is -0.137. The molecule has 83 valence electrons. The highest BCUT2D eigenvalue weighted by molar-refractivity contribution is 5.40. The molecule has 1 aromatic rings. The Labute approximate surface area is 88.1 Å². The summed E-state index contributed by atoms with van der Waals surface area (Å²) in [6, 6.07) is 3.94. The second-order valence-corrected chi connectivity index (χ2v) is 3.72. The highest BCUT2D eigenvalue weighted by atomic mass is 19.4. The second-order valence-electron chi connectivity index (χ2n) is 3.72. The van der Waals surface area contributed by atoms with E-state index in [9.17, 15) is 13.2 Å². The fourth-order valence-corrected chi connectivity index (χ4v) is 1.53. The summed E-state index contributed by atoms with van der Waals surface area (Å²) in [7, 11) is 0. The average Bonchev–Trinajstić information content (AvgIpc) is 2.15. The van der Waals surface area contributed by atoms with E-state index in [1.54, 1.807) is 6.07 Å². The number of alkyl halides is 3. The van der Waals surface area contributed by atoms with E-state index in [0.717, 1.165) is 24.0 Å². The van der Waals surface area contributed by atoms with E-state index in [4.69, 9.17) is 0 Å². The lowest BCUT2D eigenvalue weighted by atomic mass is 9.93. The molecule has 0 amide bonds. The van der Waals surface area contributed by atoms with Crippen LogP contribution in [0.4, 0.5) is 13.2 Å². The van der Waals surface area contributed by atoms with Gasteiger partial charge in [-0.05, 0) is 35.6 Å². The zero-order chi connectivity index (χ0) is 11.6. The number of rotatable bonds is 2. The van der Waals surface area contributed by atoms with Gasteiger partial charge in [-0.2, -0.15) is 13.2 Å². The van der Waals surface area contributed by atoms with Crippen LogP contribution in [0.25, 0.3) is 0 Å². The fraction of sp³-hybridized carbons (Fsp3) is 0.417. The first-order valence-corrected chi connectivity index (χ1v) is 4.87. The van der Waals surface area contributed by atoms with Gasteiger partial charge >= 0.3 is 6.18 Å². The molecule has 1 rings (SSSR count). The number of halogens is 3. The monoisotopic (exact) mass is 215 g/mol. The smallest absolute Gasteiger partial charge is 0.166 e. The molecule has 0 aromatic heterocycles. The van der Waals surface area contributed by atoms with Gasteiger partial charge in [0, 0.05) is 0 Å². The summed E-state index contributed by atoms with van der Waals surface area (Å²) < 4.78 is 37.4. The van der Waals surface area contributed by atoms with Gasteiger partial charge in [0.05, 0.1) is 5.56 Å². The van der Waals surface area contributed by atoms with Crippen molar-refractivity contribution in [1.29, 1.82) is 0 Å². The number of hydrogen-bond acceptors (Lipinski definition) is 0. The summed E-state index contributed by atoms with van der Waals surface area (Å²) in [6.45, 7) is 5.60. The van der Waals surface area contributed by atoms with Crippen molar-refractivity contribution in [2.75, 3.05) is 0 Å². The Balaban J connectivity index is 3.22. The van der Waals surface area contributed by atoms with Crippen LogP contribution in [0.3, 0.4) is 0 Å². The molecule has 1 radical (unpaired) electrons. The first-order valence-electron chi connectivity index (χ1n) is 4.87. The largest absolute Gasteiger partial charge is 0.416 e. The molecular formula is C12H14F3. The summed E-state index contributed by atoms with van der Waals surface area (Å²) in [5.41, 5.74) is 1.10. The van der Waals surface area contributed by atoms with Crippen LogP contribution in [0.1, 0.15) is 37.5 Å². The molecule has 15 heavy (non-hydrogen) atoms. The summed E-state index contributed by atoms with van der Waals surface area (Å²) >= 11 is 0. The summed E-state index contributed by atoms with van der Waals surface area (Å²) in [4.78, 5) is 0. The molecule has 0 heterocycles. The average molecular weight is 215 g/mol. The maximum absolute atomic E-state index is 12.5. The molecule has 0 atom stereocenters. The van der Waals surface area contributed by atoms with Crippen LogP contribution in [-0.2, 0) is 12.6 Å². The third-order valence-corrected chi connectivity index (χ3v) is 2.36. The zero-order valence-electron chi connectivity index (χ0n) is 9.07. The normalized spacial score (nSPS) is 12.2. The molecule has 0 nitrogen and oxygen atoms in total. The predicted molar refractivity (Wildman–Crippen MR) is 54.5 cm³/mol. The van der Waals surface area contributed by atoms with Crippen LogP contribution in [0.2, 0.25) is 0 Å². The molecular weight excluding hydrogens is 201 g/mol. The topological polar surface area (TPSA) is 0 Å². The summed E-state index contributed by atoms with van der Waals surface area (Å²) in [6.07, 6.45) is -3.50. The predicted octanol–water partition coefficient (Wildman–Crippen LogP) is 4.23. The fourth-order valence-electron chi connectivity index (χ4n) is 1.53. The van der Waals surface area contributed by atoms with Gasteiger partial charge in [-0.3, -0.25) is 0 Å². The van der Waals surface area contributed by atoms with E-state index in [1.807, 2.05) is 20.8 Å². The van der Waals surface area contributed by atoms with Gasteiger partial charge in [-0.1, -0.05) is 26.8 Å². The molecule has 0 saturated carbocycles. The number of hydrogen-bond donors (Lipinski definition) is 0. The lowest BCUT2D eigenvalue weighted by Gasteiger charge is -2.14. The Morgan fingerprint density at radius 3 is 2.20 bits per heavy atom. The number of aryl methyl sites for hydroxylation is 1. The van der Waals surface area contributed by atoms with Crippen LogP contribution in [0.5, 0.6) is 0 Å². The molecule has 0 aliphatic rings. The van der Waals surface area contributed by atoms with E-state index < -0.39 is 11.7 Å². The van der Waals surface area contributed by atoms with Crippen LogP contribution in [-0.4, -0.2) is 0 Å². The summed E-state index contributed by atoms with van der Waals surface area (Å²) in [5.74, 6) is 0.915. The van der Waals surface area contributed by atoms with Crippen molar-refractivity contribution in [3.8, 4) is 0 Å². The van der Waals surface area contributed by atoms with E-state index >= 15 is 0 Å². The molecule has 1 aromatic carbocycles. The third kappa shape index (κ3) is 2.74. The molecule has 0 fully saturated rings. The maximum atomic E-state index is 12.5. The Hall–Kier alpha value is -0.990. The Kier molecular flexibility index (Phi) is 3.42. The molecule has 3 heteroatoms. The van der Waals surface area contributed by atoms with Crippen LogP contribution in [0.15, 0.2) is 18.2 Å². The van der Waals surface area contributed by atoms with Crippen LogP contribution in [0, 0.1) is 5.92 Å². The van der Waals surface area contributed by atoms with Crippen molar-refractivity contribution in [1.82, 2.24) is 0 Å². The van der Waals surface area contributed by atoms with Crippen molar-refractivity contribution in [2.45, 2.75) is 33.4 Å². The highest BCUT2D eigenvalue weighted by Crippen LogP contribution is 2.32. The second kappa shape index (κ2) is 4.25. The SMILES string of the molecule is CCc1ccc(C(F)(F)F)cc1[C](C)C. The minimum atomic E-state index is -4.25. The lowest BCUT2D eigenvalue weighted by Crippen LogP contribution is -2.07. The third-order valence-electron chi connectivity index (χ3n) is 2.36. The van der Waals surface area contributed by atoms with Gasteiger partial charge in [-0.15, -0.1) is 0 Å². The van der Waals surface area contributed by atoms with E-state index in [1.165, 1.54) is 6.07 Å². The number of benzene rings is 1. The Morgan fingerprint density at radius 2 is 1.80 bits per heavy atom. The first-order chi connectivity index (χ1) is 6.86. The van der Waals surface area contributed by atoms with Crippen molar-refractivity contribution < 1.29 is 13.2 Å². The van der Waals surface area contributed by atoms with Crippen LogP contribution < -0.4 is 0 Å². The molecule has 0 aliphatic carbocycles. The van der Waals surface area contributed by atoms with Gasteiger partial charge in [0.2, 0.25) is 0 Å². The van der Waals surface area contributed by atoms with Gasteiger partial charge in [-0.25, -0.2) is 0 Å². The molecule has 0 N–H and O–H groups in total. The van der Waals surface area contributed by atoms with Gasteiger partial charge in [0.1, 0.15) is 0 Å². The zero-order valence-corrected chi connectivity index (χ0v) is 9.07. The van der Waals surface area contributed by atoms with Gasteiger partial charge in [0.25, 0.3) is 0 Å². The van der Waals surface area contributed by atoms with Gasteiger partial charge in [0.15, 0.2) is 0 Å². The van der Waals surface area contributed by atoms with E-state index in [-0.39, 0.29) is 0 Å². The summed E-state index contributed by atoms with van der Waals surface area (Å²) in [5, 5.41) is 0. The van der Waals surface area contributed by atoms with Crippen molar-refractivity contribution in [3.05, 3.63) is 40.8 Å². The quantitative estimate of drug-likeness (QED) is 0.692.